The van der Waals surface area contributed by atoms with Gasteiger partial charge in [0, 0.05) is 11.6 Å². The molecule has 1 aliphatic rings. The molecule has 1 aliphatic heterocycles. The maximum Gasteiger partial charge on any atom is 0.411 e. The predicted molar refractivity (Wildman–Crippen MR) is 177 cm³/mol. The van der Waals surface area contributed by atoms with E-state index in [4.69, 9.17) is 18.7 Å². The van der Waals surface area contributed by atoms with Crippen molar-refractivity contribution in [2.75, 3.05) is 25.6 Å². The minimum Gasteiger partial charge on any atom is -0.453 e. The van der Waals surface area contributed by atoms with Gasteiger partial charge in [0.25, 0.3) is 0 Å². The Morgan fingerprint density at radius 3 is 2.21 bits per heavy atom. The van der Waals surface area contributed by atoms with Gasteiger partial charge in [-0.1, -0.05) is 84.0 Å². The van der Waals surface area contributed by atoms with E-state index in [1.165, 1.54) is 13.5 Å². The standard InChI is InChI=1S/C36H41N5O7/c1-36(2,3)48-35(44)41-21-27(46-22-29(41)32-37-23-47-40-32)20-19-24-13-11-12-18-28(24)38-33(42)31(39-34(43)45-4)30(25-14-7-5-8-15-25)26-16-9-6-10-17-26/h5-18,23,27,29-31H,19-22H2,1-4H3,(H,38,42)(H,39,43)/t27-,29+,31+/m1/s1. The highest BCUT2D eigenvalue weighted by atomic mass is 16.6. The number of nitrogens with zero attached hydrogens (tertiary/aromatic N) is 3. The third-order valence-corrected chi connectivity index (χ3v) is 7.97. The van der Waals surface area contributed by atoms with Gasteiger partial charge in [-0.15, -0.1) is 0 Å². The monoisotopic (exact) mass is 655 g/mol. The summed E-state index contributed by atoms with van der Waals surface area (Å²) >= 11 is 0. The number of hydrogen-bond donors (Lipinski definition) is 2. The fraction of sp³-hybridized carbons (Fsp3) is 0.361. The van der Waals surface area contributed by atoms with Gasteiger partial charge in [0.15, 0.2) is 5.82 Å². The molecule has 3 amide bonds. The number of morpholine rings is 1. The molecule has 48 heavy (non-hydrogen) atoms. The van der Waals surface area contributed by atoms with Crippen molar-refractivity contribution >= 4 is 23.8 Å². The smallest absolute Gasteiger partial charge is 0.411 e. The number of benzene rings is 3. The molecule has 4 aromatic rings. The van der Waals surface area contributed by atoms with E-state index >= 15 is 0 Å². The van der Waals surface area contributed by atoms with Gasteiger partial charge in [0.2, 0.25) is 12.3 Å². The lowest BCUT2D eigenvalue weighted by Gasteiger charge is -2.38. The van der Waals surface area contributed by atoms with E-state index in [0.29, 0.717) is 24.4 Å². The molecule has 2 heterocycles. The molecule has 1 fully saturated rings. The number of ether oxygens (including phenoxy) is 3. The Balaban J connectivity index is 1.34. The molecule has 12 heteroatoms. The van der Waals surface area contributed by atoms with Gasteiger partial charge >= 0.3 is 12.2 Å². The number of methoxy groups -OCH3 is 1. The number of alkyl carbamates (subject to hydrolysis) is 1. The third-order valence-electron chi connectivity index (χ3n) is 7.97. The average molecular weight is 656 g/mol. The summed E-state index contributed by atoms with van der Waals surface area (Å²) in [6, 6.07) is 25.0. The molecule has 1 saturated heterocycles. The van der Waals surface area contributed by atoms with Crippen molar-refractivity contribution in [3.8, 4) is 0 Å². The first-order chi connectivity index (χ1) is 23.1. The minimum atomic E-state index is -0.999. The number of anilines is 1. The van der Waals surface area contributed by atoms with E-state index in [2.05, 4.69) is 20.8 Å². The molecular formula is C36H41N5O7. The first-order valence-electron chi connectivity index (χ1n) is 15.8. The molecule has 1 aromatic heterocycles. The van der Waals surface area contributed by atoms with E-state index in [0.717, 1.165) is 16.7 Å². The second-order valence-corrected chi connectivity index (χ2v) is 12.5. The molecule has 0 aliphatic carbocycles. The van der Waals surface area contributed by atoms with Crippen LogP contribution in [-0.2, 0) is 25.4 Å². The normalized spacial score (nSPS) is 17.0. The van der Waals surface area contributed by atoms with Gasteiger partial charge in [-0.05, 0) is 56.4 Å². The number of aromatic nitrogens is 2. The predicted octanol–water partition coefficient (Wildman–Crippen LogP) is 5.87. The first kappa shape index (κ1) is 34.1. The molecule has 0 spiro atoms. The number of nitrogens with one attached hydrogen (secondary N) is 2. The minimum absolute atomic E-state index is 0.170. The van der Waals surface area contributed by atoms with Gasteiger partial charge in [-0.25, -0.2) is 9.59 Å². The Labute approximate surface area is 279 Å². The molecule has 5 rings (SSSR count). The summed E-state index contributed by atoms with van der Waals surface area (Å²) in [5.74, 6) is -0.564. The van der Waals surface area contributed by atoms with Crippen LogP contribution in [0.3, 0.4) is 0 Å². The molecular weight excluding hydrogens is 614 g/mol. The summed E-state index contributed by atoms with van der Waals surface area (Å²) in [5.41, 5.74) is 2.49. The second-order valence-electron chi connectivity index (χ2n) is 12.5. The highest BCUT2D eigenvalue weighted by Gasteiger charge is 2.38. The van der Waals surface area contributed by atoms with Crippen LogP contribution in [0.4, 0.5) is 15.3 Å². The van der Waals surface area contributed by atoms with Crippen LogP contribution in [0, 0.1) is 0 Å². The van der Waals surface area contributed by atoms with Crippen molar-refractivity contribution in [1.29, 1.82) is 0 Å². The van der Waals surface area contributed by atoms with E-state index in [1.54, 1.807) is 4.90 Å². The quantitative estimate of drug-likeness (QED) is 0.214. The summed E-state index contributed by atoms with van der Waals surface area (Å²) in [6.07, 6.45) is 0.765. The zero-order chi connectivity index (χ0) is 34.1. The zero-order valence-corrected chi connectivity index (χ0v) is 27.5. The second kappa shape index (κ2) is 15.6. The van der Waals surface area contributed by atoms with Crippen LogP contribution in [0.5, 0.6) is 0 Å². The molecule has 12 nitrogen and oxygen atoms in total. The Bertz CT molecular complexity index is 1600. The number of rotatable bonds is 10. The van der Waals surface area contributed by atoms with E-state index in [-0.39, 0.29) is 19.3 Å². The number of carbonyl (C=O) groups excluding carboxylic acids is 3. The van der Waals surface area contributed by atoms with Crippen molar-refractivity contribution < 1.29 is 33.1 Å². The lowest BCUT2D eigenvalue weighted by molar-refractivity contribution is -0.118. The Kier molecular flexibility index (Phi) is 11.1. The van der Waals surface area contributed by atoms with Crippen LogP contribution < -0.4 is 10.6 Å². The van der Waals surface area contributed by atoms with Gasteiger partial charge in [0.1, 0.15) is 17.7 Å². The fourth-order valence-electron chi connectivity index (χ4n) is 5.72. The number of carbonyl (C=O) groups is 3. The molecule has 0 unspecified atom stereocenters. The Hall–Kier alpha value is -5.23. The molecule has 0 bridgehead atoms. The lowest BCUT2D eigenvalue weighted by atomic mass is 9.84. The molecule has 0 radical (unpaired) electrons. The number of hydrogen-bond acceptors (Lipinski definition) is 9. The third kappa shape index (κ3) is 8.77. The van der Waals surface area contributed by atoms with Gasteiger partial charge < -0.3 is 29.4 Å². The first-order valence-corrected chi connectivity index (χ1v) is 15.8. The Morgan fingerprint density at radius 2 is 1.60 bits per heavy atom. The molecule has 3 aromatic carbocycles. The maximum absolute atomic E-state index is 14.1. The molecule has 3 atom stereocenters. The van der Waals surface area contributed by atoms with Crippen LogP contribution >= 0.6 is 0 Å². The zero-order valence-electron chi connectivity index (χ0n) is 27.5. The number of para-hydroxylation sites is 1. The van der Waals surface area contributed by atoms with E-state index < -0.39 is 41.7 Å². The van der Waals surface area contributed by atoms with Crippen molar-refractivity contribution in [2.24, 2.45) is 0 Å². The molecule has 0 saturated carbocycles. The largest absolute Gasteiger partial charge is 0.453 e. The van der Waals surface area contributed by atoms with Gasteiger partial charge in [-0.3, -0.25) is 9.69 Å². The van der Waals surface area contributed by atoms with Crippen molar-refractivity contribution in [1.82, 2.24) is 20.4 Å². The van der Waals surface area contributed by atoms with Crippen LogP contribution in [0.2, 0.25) is 0 Å². The average Bonchev–Trinajstić information content (AvgIpc) is 3.63. The van der Waals surface area contributed by atoms with Crippen molar-refractivity contribution in [3.05, 3.63) is 114 Å². The fourth-order valence-corrected chi connectivity index (χ4v) is 5.72. The summed E-state index contributed by atoms with van der Waals surface area (Å²) in [4.78, 5) is 45.6. The lowest BCUT2D eigenvalue weighted by Crippen LogP contribution is -2.49. The molecule has 252 valence electrons. The highest BCUT2D eigenvalue weighted by molar-refractivity contribution is 5.98. The highest BCUT2D eigenvalue weighted by Crippen LogP contribution is 2.31. The van der Waals surface area contributed by atoms with Crippen LogP contribution in [0.1, 0.15) is 61.7 Å². The number of amides is 3. The van der Waals surface area contributed by atoms with Crippen molar-refractivity contribution in [3.63, 3.8) is 0 Å². The van der Waals surface area contributed by atoms with Crippen LogP contribution in [0.15, 0.2) is 95.8 Å². The van der Waals surface area contributed by atoms with Crippen LogP contribution in [0.25, 0.3) is 0 Å². The number of aryl methyl sites for hydroxylation is 1. The summed E-state index contributed by atoms with van der Waals surface area (Å²) in [5, 5.41) is 9.76. The topological polar surface area (TPSA) is 145 Å². The summed E-state index contributed by atoms with van der Waals surface area (Å²) in [6.45, 7) is 5.85. The van der Waals surface area contributed by atoms with E-state index in [9.17, 15) is 14.4 Å². The maximum atomic E-state index is 14.1. The summed E-state index contributed by atoms with van der Waals surface area (Å²) in [7, 11) is 1.27. The SMILES string of the molecule is COC(=O)N[C@H](C(=O)Nc1ccccc1CC[C@@H]1CN(C(=O)OC(C)(C)C)[C@H](c2ncon2)CO1)C(c1ccccc1)c1ccccc1. The van der Waals surface area contributed by atoms with Crippen molar-refractivity contribution in [2.45, 2.75) is 63.3 Å². The summed E-state index contributed by atoms with van der Waals surface area (Å²) < 4.78 is 21.7. The van der Waals surface area contributed by atoms with E-state index in [1.807, 2.05) is 106 Å². The van der Waals surface area contributed by atoms with Crippen LogP contribution in [-0.4, -0.2) is 71.1 Å². The molecule has 2 N–H and O–H groups in total. The van der Waals surface area contributed by atoms with Gasteiger partial charge in [-0.2, -0.15) is 4.98 Å². The van der Waals surface area contributed by atoms with Gasteiger partial charge in [0.05, 0.1) is 26.4 Å². The Morgan fingerprint density at radius 1 is 0.958 bits per heavy atom.